The number of hydrogen-bond acceptors (Lipinski definition) is 4. The third-order valence-electron chi connectivity index (χ3n) is 13.7. The molecule has 0 saturated carbocycles. The maximum Gasteiger partial charge on any atom is 0.164 e. The average molecular weight is 965 g/mol. The van der Waals surface area contributed by atoms with Gasteiger partial charge in [0.15, 0.2) is 5.78 Å². The summed E-state index contributed by atoms with van der Waals surface area (Å²) in [6, 6.07) is 19.6. The van der Waals surface area contributed by atoms with E-state index < -0.39 is 0 Å². The molecule has 0 bridgehead atoms. The first-order chi connectivity index (χ1) is 25.9. The van der Waals surface area contributed by atoms with Crippen molar-refractivity contribution in [2.75, 3.05) is 0 Å². The first-order valence-corrected chi connectivity index (χ1v) is 22.0. The van der Waals surface area contributed by atoms with Crippen molar-refractivity contribution in [3.05, 3.63) is 88.8 Å². The molecule has 0 atom stereocenters. The molecule has 1 aliphatic carbocycles. The molecule has 1 N–H and O–H groups in total. The van der Waals surface area contributed by atoms with Gasteiger partial charge in [-0.2, -0.15) is 0 Å². The summed E-state index contributed by atoms with van der Waals surface area (Å²) in [5.74, 6) is 0.286. The van der Waals surface area contributed by atoms with Crippen LogP contribution >= 0.6 is 11.3 Å². The maximum atomic E-state index is 12.2. The topological polar surface area (TPSA) is 50.2 Å². The number of carbonyl (C=O) groups is 1. The summed E-state index contributed by atoms with van der Waals surface area (Å²) in [6.45, 7) is 35.9. The van der Waals surface area contributed by atoms with Gasteiger partial charge in [-0.25, -0.2) is 0 Å². The van der Waals surface area contributed by atoms with Crippen LogP contribution in [0.2, 0.25) is 0 Å². The Hall–Kier alpha value is -2.85. The van der Waals surface area contributed by atoms with E-state index in [0.29, 0.717) is 0 Å². The van der Waals surface area contributed by atoms with Crippen molar-refractivity contribution >= 4 is 48.1 Å². The second kappa shape index (κ2) is 16.7. The Morgan fingerprint density at radius 3 is 1.89 bits per heavy atom. The molecule has 0 saturated heterocycles. The van der Waals surface area contributed by atoms with Gasteiger partial charge in [0.05, 0.1) is 0 Å². The first-order valence-electron chi connectivity index (χ1n) is 21.2. The summed E-state index contributed by atoms with van der Waals surface area (Å²) in [5.41, 5.74) is 7.85. The molecule has 3 aromatic carbocycles. The van der Waals surface area contributed by atoms with Crippen LogP contribution in [0.25, 0.3) is 42.2 Å². The fraction of sp³-hybridized carbons (Fsp3) is 0.538. The van der Waals surface area contributed by atoms with E-state index in [1.807, 2.05) is 59.1 Å². The molecular formula is C52H70IrNO2S-. The monoisotopic (exact) mass is 965 g/mol. The van der Waals surface area contributed by atoms with Crippen LogP contribution in [0, 0.1) is 16.9 Å². The normalized spacial score (nSPS) is 15.9. The van der Waals surface area contributed by atoms with Gasteiger partial charge in [-0.3, -0.25) is 9.78 Å². The summed E-state index contributed by atoms with van der Waals surface area (Å²) in [5, 5.41) is 15.4. The molecule has 5 aromatic rings. The number of benzene rings is 3. The maximum absolute atomic E-state index is 12.2. The minimum absolute atomic E-state index is 0. The van der Waals surface area contributed by atoms with Gasteiger partial charge in [0.1, 0.15) is 5.76 Å². The van der Waals surface area contributed by atoms with E-state index in [0.717, 1.165) is 42.3 Å². The van der Waals surface area contributed by atoms with Crippen LogP contribution in [-0.2, 0) is 46.6 Å². The predicted octanol–water partition coefficient (Wildman–Crippen LogP) is 15.7. The first kappa shape index (κ1) is 46.8. The summed E-state index contributed by atoms with van der Waals surface area (Å²) in [6.07, 6.45) is 9.21. The van der Waals surface area contributed by atoms with E-state index in [4.69, 9.17) is 4.98 Å². The number of ketones is 1. The molecule has 0 aliphatic heterocycles. The third kappa shape index (κ3) is 8.88. The molecule has 2 aromatic heterocycles. The van der Waals surface area contributed by atoms with Gasteiger partial charge in [-0.1, -0.05) is 146 Å². The zero-order chi connectivity index (χ0) is 41.8. The van der Waals surface area contributed by atoms with Gasteiger partial charge >= 0.3 is 0 Å². The van der Waals surface area contributed by atoms with Gasteiger partial charge in [-0.15, -0.1) is 40.5 Å². The van der Waals surface area contributed by atoms with Crippen LogP contribution in [0.4, 0.5) is 0 Å². The summed E-state index contributed by atoms with van der Waals surface area (Å²) < 4.78 is 2.76. The van der Waals surface area contributed by atoms with Crippen LogP contribution in [0.3, 0.4) is 0 Å². The van der Waals surface area contributed by atoms with Crippen molar-refractivity contribution in [1.29, 1.82) is 0 Å². The molecule has 57 heavy (non-hydrogen) atoms. The predicted molar refractivity (Wildman–Crippen MR) is 245 cm³/mol. The number of pyridine rings is 1. The van der Waals surface area contributed by atoms with Crippen molar-refractivity contribution in [2.24, 2.45) is 10.8 Å². The van der Waals surface area contributed by atoms with Crippen molar-refractivity contribution in [1.82, 2.24) is 4.98 Å². The van der Waals surface area contributed by atoms with E-state index in [9.17, 15) is 9.90 Å². The zero-order valence-corrected chi connectivity index (χ0v) is 41.2. The summed E-state index contributed by atoms with van der Waals surface area (Å²) in [4.78, 5) is 17.2. The number of aliphatic hydroxyl groups is 1. The Labute approximate surface area is 362 Å². The van der Waals surface area contributed by atoms with Crippen molar-refractivity contribution < 1.29 is 30.0 Å². The van der Waals surface area contributed by atoms with Crippen LogP contribution < -0.4 is 0 Å². The molecule has 5 heteroatoms. The van der Waals surface area contributed by atoms with Gasteiger partial charge in [0.25, 0.3) is 0 Å². The summed E-state index contributed by atoms with van der Waals surface area (Å²) in [7, 11) is 0. The average Bonchev–Trinajstić information content (AvgIpc) is 3.54. The standard InChI is InChI=1S/C37H42NS.C15H28O2.Ir/c1-34(2,3)26-20-23(19-22-13-11-12-14-24(22)26)31-32-25(15-18-38-31)29-27(35(4,5)6)21-28-30(33(29)39-32)37(9,10)17-16-36(28,7)8;1-7-14(5,8-2)12(16)11-13(17)15(6,9-3)10-4;/h11-15,18,20-21H,16-17H2,1-10H3;11,16H,7-10H2,1-6H3;/q-1;;/b;12-11-;. The molecule has 0 amide bonds. The van der Waals surface area contributed by atoms with Gasteiger partial charge in [0, 0.05) is 63.7 Å². The van der Waals surface area contributed by atoms with Gasteiger partial charge in [0.2, 0.25) is 0 Å². The Morgan fingerprint density at radius 1 is 0.772 bits per heavy atom. The van der Waals surface area contributed by atoms with Gasteiger partial charge in [-0.05, 0) is 88.3 Å². The molecule has 1 aliphatic rings. The van der Waals surface area contributed by atoms with Crippen molar-refractivity contribution in [2.45, 2.75) is 171 Å². The second-order valence-corrected chi connectivity index (χ2v) is 21.5. The minimum Gasteiger partial charge on any atom is -0.512 e. The molecule has 3 nitrogen and oxygen atoms in total. The number of hydrogen-bond donors (Lipinski definition) is 1. The zero-order valence-electron chi connectivity index (χ0n) is 38.0. The number of nitrogens with zero attached hydrogens (tertiary/aromatic N) is 1. The SMILES string of the molecule is CC(C)(C)c1cc(-c2nccc3c2sc2c4c(cc(C(C)(C)C)c23)C(C)(C)CCC4(C)C)[c-]c2ccccc12.CCC(C)(CC)C(=O)/C=C(\O)C(C)(CC)CC.[Ir]. The van der Waals surface area contributed by atoms with Crippen LogP contribution in [0.5, 0.6) is 0 Å². The number of rotatable bonds is 8. The number of thiophene rings is 1. The summed E-state index contributed by atoms with van der Waals surface area (Å²) >= 11 is 1.97. The molecular weight excluding hydrogens is 895 g/mol. The third-order valence-corrected chi connectivity index (χ3v) is 14.9. The molecule has 0 spiro atoms. The molecule has 1 radical (unpaired) electrons. The van der Waals surface area contributed by atoms with Gasteiger partial charge < -0.3 is 5.11 Å². The molecule has 2 heterocycles. The Kier molecular flexibility index (Phi) is 13.7. The second-order valence-electron chi connectivity index (χ2n) is 20.5. The fourth-order valence-electron chi connectivity index (χ4n) is 8.41. The fourth-order valence-corrected chi connectivity index (χ4v) is 9.97. The van der Waals surface area contributed by atoms with Crippen molar-refractivity contribution in [3.8, 4) is 11.3 Å². The molecule has 311 valence electrons. The van der Waals surface area contributed by atoms with Crippen molar-refractivity contribution in [3.63, 3.8) is 0 Å². The number of aliphatic hydroxyl groups excluding tert-OH is 1. The van der Waals surface area contributed by atoms with E-state index in [1.165, 1.54) is 55.6 Å². The number of fused-ring (bicyclic) bond motifs is 6. The Morgan fingerprint density at radius 2 is 1.33 bits per heavy atom. The number of aromatic nitrogens is 1. The van der Waals surface area contributed by atoms with Crippen LogP contribution in [-0.4, -0.2) is 15.9 Å². The molecule has 0 unspecified atom stereocenters. The van der Waals surface area contributed by atoms with Crippen LogP contribution in [0.1, 0.15) is 172 Å². The minimum atomic E-state index is -0.337. The van der Waals surface area contributed by atoms with E-state index in [-0.39, 0.29) is 64.1 Å². The molecule has 6 rings (SSSR count). The number of allylic oxidation sites excluding steroid dienone is 2. The molecule has 0 fully saturated rings. The Bertz CT molecular complexity index is 2280. The van der Waals surface area contributed by atoms with E-state index in [1.54, 1.807) is 11.1 Å². The van der Waals surface area contributed by atoms with Crippen LogP contribution in [0.15, 0.2) is 60.5 Å². The quantitative estimate of drug-likeness (QED) is 0.0958. The van der Waals surface area contributed by atoms with E-state index in [2.05, 4.69) is 118 Å². The smallest absolute Gasteiger partial charge is 0.164 e. The van der Waals surface area contributed by atoms with E-state index >= 15 is 0 Å². The largest absolute Gasteiger partial charge is 0.512 e. The number of carbonyl (C=O) groups excluding carboxylic acids is 1. The Balaban J connectivity index is 0.000000341.